The van der Waals surface area contributed by atoms with Gasteiger partial charge in [0.05, 0.1) is 0 Å². The van der Waals surface area contributed by atoms with E-state index < -0.39 is 57.1 Å². The van der Waals surface area contributed by atoms with Gasteiger partial charge in [-0.25, -0.2) is 9.59 Å². The summed E-state index contributed by atoms with van der Waals surface area (Å²) in [5.41, 5.74) is -2.02. The Hall–Kier alpha value is -1.71. The van der Waals surface area contributed by atoms with Gasteiger partial charge < -0.3 is 21.8 Å². The molecule has 0 radical (unpaired) electrons. The molecule has 2 unspecified atom stereocenters. The zero-order valence-electron chi connectivity index (χ0n) is 21.6. The Morgan fingerprint density at radius 3 is 1.30 bits per heavy atom. The second kappa shape index (κ2) is 11.6. The largest absolute Gasteiger partial charge is 0.447 e. The van der Waals surface area contributed by atoms with Gasteiger partial charge in [0.25, 0.3) is 8.32 Å². The first-order valence-electron chi connectivity index (χ1n) is 10.5. The van der Waals surface area contributed by atoms with Crippen molar-refractivity contribution in [3.8, 4) is 24.7 Å². The van der Waals surface area contributed by atoms with Gasteiger partial charge in [0.15, 0.2) is 19.8 Å². The van der Waals surface area contributed by atoms with Crippen LogP contribution in [0.3, 0.4) is 0 Å². The third kappa shape index (κ3) is 10.4. The molecule has 2 atom stereocenters. The number of hydrogen-bond acceptors (Lipinski definition) is 7. The Balaban J connectivity index is 6.34. The zero-order valence-corrected chi connectivity index (χ0v) is 25.6. The van der Waals surface area contributed by atoms with Crippen LogP contribution in [0.2, 0.25) is 52.4 Å². The van der Waals surface area contributed by atoms with Crippen molar-refractivity contribution in [1.82, 2.24) is 0 Å². The molecule has 0 spiro atoms. The Morgan fingerprint density at radius 2 is 1.03 bits per heavy atom. The van der Waals surface area contributed by atoms with Crippen molar-refractivity contribution < 1.29 is 31.4 Å². The maximum atomic E-state index is 12.3. The van der Waals surface area contributed by atoms with Crippen LogP contribution in [-0.4, -0.2) is 57.1 Å². The summed E-state index contributed by atoms with van der Waals surface area (Å²) in [6.07, 6.45) is 11.5. The van der Waals surface area contributed by atoms with Gasteiger partial charge in [-0.1, -0.05) is 25.0 Å². The first-order valence-corrected chi connectivity index (χ1v) is 22.1. The highest BCUT2D eigenvalue weighted by atomic mass is 28.5. The van der Waals surface area contributed by atoms with E-state index in [2.05, 4.69) is 44.6 Å². The van der Waals surface area contributed by atoms with Crippen molar-refractivity contribution in [1.29, 1.82) is 0 Å². The molecule has 184 valence electrons. The summed E-state index contributed by atoms with van der Waals surface area (Å²) in [7, 11) is -11.0. The quantitative estimate of drug-likeness (QED) is 0.163. The molecular weight excluding hydrogens is 489 g/mol. The second-order valence-corrected chi connectivity index (χ2v) is 25.6. The van der Waals surface area contributed by atoms with Crippen LogP contribution in [0, 0.1) is 24.7 Å². The summed E-state index contributed by atoms with van der Waals surface area (Å²) in [5.74, 6) is 3.54. The molecule has 0 fully saturated rings. The molecule has 0 aromatic carbocycles. The van der Waals surface area contributed by atoms with E-state index in [1.165, 1.54) is 13.8 Å². The molecular formula is C22H38O7Si4. The minimum atomic E-state index is -3.55. The smallest absolute Gasteiger partial charge is 0.334 e. The average Bonchev–Trinajstić information content (AvgIpc) is 2.59. The van der Waals surface area contributed by atoms with Crippen LogP contribution in [0.25, 0.3) is 0 Å². The fourth-order valence-electron chi connectivity index (χ4n) is 3.19. The van der Waals surface area contributed by atoms with Crippen LogP contribution in [0.4, 0.5) is 0 Å². The van der Waals surface area contributed by atoms with Crippen molar-refractivity contribution >= 4 is 45.7 Å². The summed E-state index contributed by atoms with van der Waals surface area (Å²) in [6, 6.07) is 0. The highest BCUT2D eigenvalue weighted by molar-refractivity contribution is 6.90. The monoisotopic (exact) mass is 526 g/mol. The molecule has 0 aliphatic carbocycles. The number of terminal acetylenes is 2. The molecule has 0 aliphatic heterocycles. The summed E-state index contributed by atoms with van der Waals surface area (Å²) < 4.78 is 30.3. The van der Waals surface area contributed by atoms with Crippen LogP contribution in [-0.2, 0) is 31.4 Å². The number of esters is 2. The topological polar surface area (TPSA) is 80.3 Å². The lowest BCUT2D eigenvalue weighted by Crippen LogP contribution is -2.66. The summed E-state index contributed by atoms with van der Waals surface area (Å²) >= 11 is 0. The van der Waals surface area contributed by atoms with Crippen LogP contribution in [0.15, 0.2) is 24.3 Å². The van der Waals surface area contributed by atoms with E-state index in [0.29, 0.717) is 0 Å². The molecule has 0 N–H and O–H groups in total. The molecule has 0 bridgehead atoms. The van der Waals surface area contributed by atoms with Crippen LogP contribution in [0.1, 0.15) is 13.8 Å². The van der Waals surface area contributed by atoms with Gasteiger partial charge in [0, 0.05) is 11.1 Å². The normalized spacial score (nSPS) is 15.8. The predicted molar refractivity (Wildman–Crippen MR) is 140 cm³/mol. The van der Waals surface area contributed by atoms with Gasteiger partial charge in [0.2, 0.25) is 0 Å². The van der Waals surface area contributed by atoms with Gasteiger partial charge in [-0.3, -0.25) is 0 Å². The van der Waals surface area contributed by atoms with Crippen LogP contribution >= 0.6 is 0 Å². The Morgan fingerprint density at radius 1 is 0.697 bits per heavy atom. The summed E-state index contributed by atoms with van der Waals surface area (Å²) in [6.45, 7) is 25.7. The Bertz CT molecular complexity index is 813. The fourth-order valence-corrected chi connectivity index (χ4v) is 21.6. The second-order valence-electron chi connectivity index (χ2n) is 9.87. The number of rotatable bonds is 12. The fraction of sp³-hybridized carbons (Fsp3) is 0.545. The minimum absolute atomic E-state index is 0.160. The Kier molecular flexibility index (Phi) is 11.0. The number of ether oxygens (including phenoxy) is 2. The maximum Gasteiger partial charge on any atom is 0.334 e. The number of carbonyl (C=O) groups excluding carboxylic acids is 2. The van der Waals surface area contributed by atoms with Crippen molar-refractivity contribution in [2.24, 2.45) is 0 Å². The van der Waals surface area contributed by atoms with E-state index in [4.69, 9.17) is 34.7 Å². The molecule has 7 nitrogen and oxygen atoms in total. The lowest BCUT2D eigenvalue weighted by atomic mass is 10.4. The molecule has 0 heterocycles. The predicted octanol–water partition coefficient (Wildman–Crippen LogP) is 4.17. The molecule has 11 heteroatoms. The maximum absolute atomic E-state index is 12.3. The van der Waals surface area contributed by atoms with E-state index >= 15 is 0 Å². The third-order valence-electron chi connectivity index (χ3n) is 4.00. The van der Waals surface area contributed by atoms with Crippen molar-refractivity contribution in [2.75, 3.05) is 0 Å². The first kappa shape index (κ1) is 31.3. The third-order valence-corrected chi connectivity index (χ3v) is 18.7. The molecule has 0 saturated heterocycles. The van der Waals surface area contributed by atoms with E-state index in [1.54, 1.807) is 6.55 Å². The Labute approximate surface area is 203 Å². The number of carbonyl (C=O) groups is 2. The SMILES string of the molecule is C#CC(OC(=O)C(=C)C)[Si](C)(O[Si](C)(C)O[Si](C)(C)O[Si](C)(C)C)C(C#C)OC(=O)C(=C)C. The molecule has 0 aromatic heterocycles. The molecule has 0 aromatic rings. The average molecular weight is 527 g/mol. The lowest BCUT2D eigenvalue weighted by Gasteiger charge is -2.43. The molecule has 0 aliphatic rings. The number of hydrogen-bond donors (Lipinski definition) is 0. The molecule has 0 amide bonds. The lowest BCUT2D eigenvalue weighted by molar-refractivity contribution is -0.141. The van der Waals surface area contributed by atoms with E-state index in [9.17, 15) is 9.59 Å². The van der Waals surface area contributed by atoms with E-state index in [0.717, 1.165) is 0 Å². The first-order chi connectivity index (χ1) is 14.7. The van der Waals surface area contributed by atoms with Gasteiger partial charge in [-0.2, -0.15) is 0 Å². The van der Waals surface area contributed by atoms with Gasteiger partial charge in [-0.05, 0) is 66.2 Å². The van der Waals surface area contributed by atoms with Crippen LogP contribution in [0.5, 0.6) is 0 Å². The van der Waals surface area contributed by atoms with Gasteiger partial charge in [-0.15, -0.1) is 12.8 Å². The summed E-state index contributed by atoms with van der Waals surface area (Å²) in [5, 5.41) is 0. The van der Waals surface area contributed by atoms with Crippen molar-refractivity contribution in [2.45, 2.75) is 77.7 Å². The molecule has 33 heavy (non-hydrogen) atoms. The zero-order chi connectivity index (χ0) is 26.4. The highest BCUT2D eigenvalue weighted by Gasteiger charge is 2.55. The van der Waals surface area contributed by atoms with E-state index in [1.807, 2.05) is 26.2 Å². The van der Waals surface area contributed by atoms with E-state index in [-0.39, 0.29) is 11.1 Å². The minimum Gasteiger partial charge on any atom is -0.447 e. The summed E-state index contributed by atoms with van der Waals surface area (Å²) in [4.78, 5) is 24.6. The van der Waals surface area contributed by atoms with Gasteiger partial charge >= 0.3 is 29.1 Å². The molecule has 0 saturated carbocycles. The highest BCUT2D eigenvalue weighted by Crippen LogP contribution is 2.29. The standard InChI is InChI=1S/C22H38O7Si4/c1-15-19(25-21(23)17(3)4)33(14,20(16-2)26-22(24)18(5)6)29-32(12,13)28-31(10,11)27-30(7,8)9/h1-2,19-20H,3,5H2,4,6-14H3. The molecule has 0 rings (SSSR count). The van der Waals surface area contributed by atoms with Crippen molar-refractivity contribution in [3.63, 3.8) is 0 Å². The van der Waals surface area contributed by atoms with Crippen LogP contribution < -0.4 is 0 Å². The van der Waals surface area contributed by atoms with Crippen molar-refractivity contribution in [3.05, 3.63) is 24.3 Å². The van der Waals surface area contributed by atoms with Gasteiger partial charge in [0.1, 0.15) is 0 Å².